The number of unbranched alkanes of at least 4 members (excludes halogenated alkanes) is 20. The number of phosphoric ester groups is 1. The average molecular weight is 931 g/mol. The van der Waals surface area contributed by atoms with Crippen LogP contribution in [0, 0.1) is 0 Å². The van der Waals surface area contributed by atoms with Crippen LogP contribution in [0.4, 0.5) is 0 Å². The van der Waals surface area contributed by atoms with Crippen LogP contribution in [0.2, 0.25) is 0 Å². The standard InChI is InChI=1S/C55H99N2O7P/c1-7-10-13-16-19-22-25-26-27-28-29-30-33-35-38-41-44-47-54(58)56-52(51-63-65(60,61)62-50-49-57(4,5)6)53(46-43-40-37-34-31-23-20-17-14-11-8-2)64-55(59)48-45-42-39-36-32-24-21-18-15-12-9-3/h18-19,21-22,26-27,29-30,35,38,43,46,52-53H,7-17,20,23-25,28,31-34,36-37,39-42,44-45,47-51H2,1-6H3,(H-,56,58,60,61)/b21-18-,22-19-,27-26-,30-29-,38-35-,46-43-. The highest BCUT2D eigenvalue weighted by molar-refractivity contribution is 7.45. The lowest BCUT2D eigenvalue weighted by Gasteiger charge is -2.30. The van der Waals surface area contributed by atoms with Gasteiger partial charge in [-0.1, -0.05) is 184 Å². The fourth-order valence-corrected chi connectivity index (χ4v) is 7.69. The van der Waals surface area contributed by atoms with Crippen LogP contribution in [0.5, 0.6) is 0 Å². The molecule has 0 spiro atoms. The third-order valence-corrected chi connectivity index (χ3v) is 12.1. The summed E-state index contributed by atoms with van der Waals surface area (Å²) in [5.74, 6) is -0.624. The van der Waals surface area contributed by atoms with Gasteiger partial charge in [0, 0.05) is 12.8 Å². The van der Waals surface area contributed by atoms with Gasteiger partial charge in [-0.25, -0.2) is 0 Å². The molecule has 0 heterocycles. The Bertz CT molecular complexity index is 1350. The number of phosphoric acid groups is 1. The molecule has 0 bridgehead atoms. The summed E-state index contributed by atoms with van der Waals surface area (Å²) in [7, 11) is 1.14. The third-order valence-electron chi connectivity index (χ3n) is 11.1. The molecule has 0 aromatic rings. The molecule has 0 saturated carbocycles. The molecule has 1 amide bonds. The molecule has 0 aromatic carbocycles. The van der Waals surface area contributed by atoms with Crippen LogP contribution in [0.1, 0.15) is 213 Å². The molecule has 10 heteroatoms. The minimum absolute atomic E-state index is 0.0362. The Morgan fingerprint density at radius 3 is 1.52 bits per heavy atom. The van der Waals surface area contributed by atoms with E-state index >= 15 is 0 Å². The van der Waals surface area contributed by atoms with E-state index in [1.165, 1.54) is 83.5 Å². The zero-order chi connectivity index (χ0) is 48.0. The fraction of sp³-hybridized carbons (Fsp3) is 0.745. The van der Waals surface area contributed by atoms with E-state index in [9.17, 15) is 19.0 Å². The van der Waals surface area contributed by atoms with Gasteiger partial charge >= 0.3 is 5.97 Å². The van der Waals surface area contributed by atoms with Crippen LogP contribution in [0.25, 0.3) is 0 Å². The van der Waals surface area contributed by atoms with Gasteiger partial charge in [0.25, 0.3) is 7.82 Å². The molecule has 0 rings (SSSR count). The first-order valence-electron chi connectivity index (χ1n) is 26.2. The number of allylic oxidation sites excluding steroid dienone is 11. The number of amides is 1. The molecule has 65 heavy (non-hydrogen) atoms. The predicted molar refractivity (Wildman–Crippen MR) is 275 cm³/mol. The van der Waals surface area contributed by atoms with Crippen LogP contribution in [-0.4, -0.2) is 69.4 Å². The van der Waals surface area contributed by atoms with Crippen LogP contribution in [0.3, 0.4) is 0 Å². The van der Waals surface area contributed by atoms with E-state index in [0.29, 0.717) is 23.9 Å². The minimum atomic E-state index is -4.70. The van der Waals surface area contributed by atoms with Crippen molar-refractivity contribution in [3.63, 3.8) is 0 Å². The van der Waals surface area contributed by atoms with Gasteiger partial charge < -0.3 is 28.5 Å². The Labute approximate surface area is 400 Å². The molecule has 0 saturated heterocycles. The van der Waals surface area contributed by atoms with Crippen molar-refractivity contribution in [2.45, 2.75) is 226 Å². The van der Waals surface area contributed by atoms with Crippen molar-refractivity contribution in [1.82, 2.24) is 5.32 Å². The lowest BCUT2D eigenvalue weighted by Crippen LogP contribution is -2.47. The van der Waals surface area contributed by atoms with Crippen molar-refractivity contribution in [2.75, 3.05) is 40.9 Å². The Hall–Kier alpha value is -2.55. The molecule has 3 unspecified atom stereocenters. The number of nitrogens with zero attached hydrogens (tertiary/aromatic N) is 1. The van der Waals surface area contributed by atoms with Gasteiger partial charge in [-0.15, -0.1) is 0 Å². The molecule has 376 valence electrons. The highest BCUT2D eigenvalue weighted by atomic mass is 31.2. The number of carbonyl (C=O) groups excluding carboxylic acids is 2. The summed E-state index contributed by atoms with van der Waals surface area (Å²) in [6.45, 7) is 6.69. The number of likely N-dealkylation sites (N-methyl/N-ethyl adjacent to an activating group) is 1. The second kappa shape index (κ2) is 45.2. The Morgan fingerprint density at radius 2 is 0.969 bits per heavy atom. The van der Waals surface area contributed by atoms with E-state index in [4.69, 9.17) is 13.8 Å². The fourth-order valence-electron chi connectivity index (χ4n) is 6.96. The number of nitrogens with one attached hydrogen (secondary N) is 1. The summed E-state index contributed by atoms with van der Waals surface area (Å²) in [4.78, 5) is 39.6. The lowest BCUT2D eigenvalue weighted by atomic mass is 10.1. The number of carbonyl (C=O) groups is 2. The minimum Gasteiger partial charge on any atom is -0.756 e. The van der Waals surface area contributed by atoms with Gasteiger partial charge in [-0.05, 0) is 89.5 Å². The molecule has 0 aromatic heterocycles. The number of hydrogen-bond acceptors (Lipinski definition) is 7. The third kappa shape index (κ3) is 46.4. The van der Waals surface area contributed by atoms with Gasteiger partial charge in [-0.3, -0.25) is 14.2 Å². The maximum Gasteiger partial charge on any atom is 0.306 e. The van der Waals surface area contributed by atoms with Gasteiger partial charge in [-0.2, -0.15) is 0 Å². The highest BCUT2D eigenvalue weighted by Gasteiger charge is 2.27. The second-order valence-corrected chi connectivity index (χ2v) is 20.1. The van der Waals surface area contributed by atoms with E-state index in [1.807, 2.05) is 27.2 Å². The SMILES string of the molecule is CCCC/C=C\CCCCCCCC(=O)OC(/C=C\CCCCCCCCCCC)C(COP(=O)([O-])OCC[N+](C)(C)C)NC(=O)CCC/C=C\C/C=C\C/C=C\C/C=C\CCCCC. The summed E-state index contributed by atoms with van der Waals surface area (Å²) < 4.78 is 30.0. The maximum atomic E-state index is 13.4. The molecule has 0 aliphatic rings. The van der Waals surface area contributed by atoms with Crippen LogP contribution >= 0.6 is 7.82 Å². The number of quaternary nitrogens is 1. The number of hydrogen-bond donors (Lipinski definition) is 1. The van der Waals surface area contributed by atoms with Gasteiger partial charge in [0.2, 0.25) is 5.91 Å². The Balaban J connectivity index is 5.50. The molecule has 3 atom stereocenters. The lowest BCUT2D eigenvalue weighted by molar-refractivity contribution is -0.870. The van der Waals surface area contributed by atoms with E-state index in [-0.39, 0.29) is 31.3 Å². The summed E-state index contributed by atoms with van der Waals surface area (Å²) >= 11 is 0. The molecule has 0 radical (unpaired) electrons. The largest absolute Gasteiger partial charge is 0.756 e. The monoisotopic (exact) mass is 931 g/mol. The van der Waals surface area contributed by atoms with Crippen LogP contribution in [-0.2, 0) is 27.9 Å². The van der Waals surface area contributed by atoms with Crippen molar-refractivity contribution in [3.05, 3.63) is 72.9 Å². The number of esters is 1. The van der Waals surface area contributed by atoms with Crippen LogP contribution < -0.4 is 10.2 Å². The molecule has 0 aliphatic heterocycles. The zero-order valence-corrected chi connectivity index (χ0v) is 43.6. The van der Waals surface area contributed by atoms with Crippen molar-refractivity contribution in [2.24, 2.45) is 0 Å². The van der Waals surface area contributed by atoms with Crippen molar-refractivity contribution >= 4 is 19.7 Å². The average Bonchev–Trinajstić information content (AvgIpc) is 3.26. The summed E-state index contributed by atoms with van der Waals surface area (Å²) in [5, 5.41) is 2.97. The quantitative estimate of drug-likeness (QED) is 0.0213. The number of ether oxygens (including phenoxy) is 1. The highest BCUT2D eigenvalue weighted by Crippen LogP contribution is 2.38. The van der Waals surface area contributed by atoms with Crippen molar-refractivity contribution < 1.29 is 37.3 Å². The molecule has 0 fully saturated rings. The van der Waals surface area contributed by atoms with Gasteiger partial charge in [0.05, 0.1) is 33.8 Å². The summed E-state index contributed by atoms with van der Waals surface area (Å²) in [5.41, 5.74) is 0. The Kier molecular flexibility index (Phi) is 43.5. The van der Waals surface area contributed by atoms with Crippen molar-refractivity contribution in [1.29, 1.82) is 0 Å². The van der Waals surface area contributed by atoms with Crippen molar-refractivity contribution in [3.8, 4) is 0 Å². The van der Waals surface area contributed by atoms with E-state index in [2.05, 4.69) is 86.8 Å². The van der Waals surface area contributed by atoms with E-state index in [1.54, 1.807) is 6.08 Å². The maximum absolute atomic E-state index is 13.4. The summed E-state index contributed by atoms with van der Waals surface area (Å²) in [6.07, 6.45) is 55.9. The first kappa shape index (κ1) is 62.4. The zero-order valence-electron chi connectivity index (χ0n) is 42.7. The van der Waals surface area contributed by atoms with Gasteiger partial charge in [0.1, 0.15) is 19.3 Å². The Morgan fingerprint density at radius 1 is 0.538 bits per heavy atom. The van der Waals surface area contributed by atoms with E-state index in [0.717, 1.165) is 83.5 Å². The molecular formula is C55H99N2O7P. The van der Waals surface area contributed by atoms with Crippen LogP contribution in [0.15, 0.2) is 72.9 Å². The predicted octanol–water partition coefficient (Wildman–Crippen LogP) is 14.7. The smallest absolute Gasteiger partial charge is 0.306 e. The van der Waals surface area contributed by atoms with Gasteiger partial charge in [0.15, 0.2) is 0 Å². The summed E-state index contributed by atoms with van der Waals surface area (Å²) in [6, 6.07) is -0.919. The molecule has 9 nitrogen and oxygen atoms in total. The first-order valence-corrected chi connectivity index (χ1v) is 27.7. The first-order chi connectivity index (χ1) is 31.4. The second-order valence-electron chi connectivity index (χ2n) is 18.7. The topological polar surface area (TPSA) is 114 Å². The molecule has 0 aliphatic carbocycles. The number of rotatable bonds is 46. The van der Waals surface area contributed by atoms with E-state index < -0.39 is 26.6 Å². The molecular weight excluding hydrogens is 832 g/mol. The molecule has 1 N–H and O–H groups in total. The normalized spacial score (nSPS) is 14.5.